The molecule has 4 aromatic rings. The Morgan fingerprint density at radius 3 is 2.47 bits per heavy atom. The van der Waals surface area contributed by atoms with Crippen molar-refractivity contribution in [3.8, 4) is 22.6 Å². The van der Waals surface area contributed by atoms with E-state index in [0.29, 0.717) is 17.8 Å². The van der Waals surface area contributed by atoms with E-state index in [1.54, 1.807) is 18.2 Å². The van der Waals surface area contributed by atoms with Gasteiger partial charge in [0.1, 0.15) is 5.82 Å². The summed E-state index contributed by atoms with van der Waals surface area (Å²) in [5.41, 5.74) is 3.62. The monoisotopic (exact) mass is 426 g/mol. The Bertz CT molecular complexity index is 1180. The van der Waals surface area contributed by atoms with Crippen LogP contribution in [0.1, 0.15) is 41.5 Å². The van der Waals surface area contributed by atoms with E-state index in [-0.39, 0.29) is 5.56 Å². The fourth-order valence-corrected chi connectivity index (χ4v) is 3.64. The van der Waals surface area contributed by atoms with Crippen LogP contribution in [0.4, 0.5) is 0 Å². The van der Waals surface area contributed by atoms with Crippen LogP contribution < -0.4 is 0 Å². The number of hydrogen-bond acceptors (Lipinski definition) is 4. The molecule has 0 spiro atoms. The molecule has 0 amide bonds. The van der Waals surface area contributed by atoms with E-state index in [2.05, 4.69) is 11.9 Å². The average molecular weight is 427 g/mol. The third-order valence-corrected chi connectivity index (χ3v) is 5.40. The third kappa shape index (κ3) is 4.91. The molecule has 1 N–H and O–H groups in total. The summed E-state index contributed by atoms with van der Waals surface area (Å²) in [5, 5.41) is 14.2. The second-order valence-electron chi connectivity index (χ2n) is 7.70. The highest BCUT2D eigenvalue weighted by atomic mass is 16.4. The fourth-order valence-electron chi connectivity index (χ4n) is 3.64. The minimum atomic E-state index is -0.952. The molecule has 6 heteroatoms. The first-order valence-corrected chi connectivity index (χ1v) is 10.9. The molecule has 32 heavy (non-hydrogen) atoms. The molecule has 0 saturated carbocycles. The van der Waals surface area contributed by atoms with Crippen LogP contribution in [-0.2, 0) is 19.4 Å². The first-order chi connectivity index (χ1) is 15.7. The van der Waals surface area contributed by atoms with Crippen LogP contribution in [-0.4, -0.2) is 30.8 Å². The number of unbranched alkanes of at least 4 members (excludes halogenated alkanes) is 1. The zero-order chi connectivity index (χ0) is 22.3. The Labute approximate surface area is 187 Å². The van der Waals surface area contributed by atoms with Gasteiger partial charge in [0.2, 0.25) is 0 Å². The minimum Gasteiger partial charge on any atom is -0.478 e. The van der Waals surface area contributed by atoms with Crippen LogP contribution in [0.3, 0.4) is 0 Å². The Morgan fingerprint density at radius 2 is 1.75 bits per heavy atom. The number of carboxylic acids is 1. The van der Waals surface area contributed by atoms with Crippen molar-refractivity contribution >= 4 is 5.97 Å². The molecule has 0 aliphatic rings. The number of carboxylic acid groups (broad SMARTS) is 1. The number of benzene rings is 2. The number of aromatic nitrogens is 4. The minimum absolute atomic E-state index is 0.254. The van der Waals surface area contributed by atoms with Gasteiger partial charge in [-0.2, -0.15) is 5.10 Å². The van der Waals surface area contributed by atoms with Gasteiger partial charge in [-0.05, 0) is 30.5 Å². The van der Waals surface area contributed by atoms with Crippen molar-refractivity contribution in [3.63, 3.8) is 0 Å². The number of pyridine rings is 1. The predicted molar refractivity (Wildman–Crippen MR) is 124 cm³/mol. The number of hydrogen-bond donors (Lipinski definition) is 1. The lowest BCUT2D eigenvalue weighted by Gasteiger charge is -2.08. The molecule has 162 valence electrons. The van der Waals surface area contributed by atoms with Crippen molar-refractivity contribution in [3.05, 3.63) is 89.9 Å². The smallest absolute Gasteiger partial charge is 0.336 e. The van der Waals surface area contributed by atoms with Crippen LogP contribution in [0.25, 0.3) is 22.6 Å². The number of nitrogens with zero attached hydrogens (tertiary/aromatic N) is 4. The molecular weight excluding hydrogens is 400 g/mol. The number of aromatic carboxylic acids is 1. The SMILES string of the molecule is CCCCc1nc(-c2ccccc2)nn1CCc1ccc(-c2ccccc2C(=O)O)nc1. The summed E-state index contributed by atoms with van der Waals surface area (Å²) in [5.74, 6) is 0.813. The lowest BCUT2D eigenvalue weighted by atomic mass is 10.0. The predicted octanol–water partition coefficient (Wildman–Crippen LogP) is 5.29. The summed E-state index contributed by atoms with van der Waals surface area (Å²) in [6, 6.07) is 20.9. The van der Waals surface area contributed by atoms with Gasteiger partial charge >= 0.3 is 5.97 Å². The van der Waals surface area contributed by atoms with Gasteiger partial charge in [0.05, 0.1) is 11.3 Å². The highest BCUT2D eigenvalue weighted by molar-refractivity contribution is 5.95. The lowest BCUT2D eigenvalue weighted by Crippen LogP contribution is -2.08. The maximum absolute atomic E-state index is 11.5. The quantitative estimate of drug-likeness (QED) is 0.393. The van der Waals surface area contributed by atoms with Gasteiger partial charge in [-0.3, -0.25) is 4.98 Å². The molecule has 2 aromatic heterocycles. The Balaban J connectivity index is 1.51. The van der Waals surface area contributed by atoms with Crippen LogP contribution in [0.15, 0.2) is 72.9 Å². The topological polar surface area (TPSA) is 80.9 Å². The summed E-state index contributed by atoms with van der Waals surface area (Å²) in [6.07, 6.45) is 5.67. The largest absolute Gasteiger partial charge is 0.478 e. The Hall–Kier alpha value is -3.80. The molecular formula is C26H26N4O2. The summed E-state index contributed by atoms with van der Waals surface area (Å²) in [6.45, 7) is 2.89. The standard InChI is InChI=1S/C26H26N4O2/c1-2-3-13-24-28-25(20-9-5-4-6-10-20)29-30(24)17-16-19-14-15-23(27-18-19)21-11-7-8-12-22(21)26(31)32/h4-12,14-15,18H,2-3,13,16-17H2,1H3,(H,31,32). The summed E-state index contributed by atoms with van der Waals surface area (Å²) < 4.78 is 2.01. The zero-order valence-corrected chi connectivity index (χ0v) is 18.1. The van der Waals surface area contributed by atoms with Crippen LogP contribution in [0.5, 0.6) is 0 Å². The molecule has 0 saturated heterocycles. The van der Waals surface area contributed by atoms with E-state index in [1.807, 2.05) is 59.4 Å². The van der Waals surface area contributed by atoms with Crippen molar-refractivity contribution in [1.82, 2.24) is 19.7 Å². The molecule has 2 heterocycles. The molecule has 0 atom stereocenters. The van der Waals surface area contributed by atoms with E-state index < -0.39 is 5.97 Å². The van der Waals surface area contributed by atoms with Crippen molar-refractivity contribution in [2.45, 2.75) is 39.2 Å². The maximum Gasteiger partial charge on any atom is 0.336 e. The molecule has 0 bridgehead atoms. The molecule has 0 fully saturated rings. The van der Waals surface area contributed by atoms with Crippen LogP contribution in [0.2, 0.25) is 0 Å². The second-order valence-corrected chi connectivity index (χ2v) is 7.70. The van der Waals surface area contributed by atoms with Gasteiger partial charge in [-0.15, -0.1) is 0 Å². The van der Waals surface area contributed by atoms with Gasteiger partial charge in [-0.25, -0.2) is 14.5 Å². The highest BCUT2D eigenvalue weighted by Gasteiger charge is 2.13. The Morgan fingerprint density at radius 1 is 0.969 bits per heavy atom. The molecule has 4 rings (SSSR count). The summed E-state index contributed by atoms with van der Waals surface area (Å²) in [4.78, 5) is 20.8. The molecule has 0 aliphatic carbocycles. The second kappa shape index (κ2) is 10.0. The summed E-state index contributed by atoms with van der Waals surface area (Å²) >= 11 is 0. The first kappa shape index (κ1) is 21.4. The highest BCUT2D eigenvalue weighted by Crippen LogP contribution is 2.22. The molecule has 0 radical (unpaired) electrons. The van der Waals surface area contributed by atoms with E-state index in [9.17, 15) is 9.90 Å². The molecule has 2 aromatic carbocycles. The van der Waals surface area contributed by atoms with Gasteiger partial charge in [-0.1, -0.05) is 67.9 Å². The fraction of sp³-hybridized carbons (Fsp3) is 0.231. The van der Waals surface area contributed by atoms with Gasteiger partial charge in [0.25, 0.3) is 0 Å². The number of rotatable bonds is 9. The van der Waals surface area contributed by atoms with E-state index in [0.717, 1.165) is 48.5 Å². The first-order valence-electron chi connectivity index (χ1n) is 10.9. The summed E-state index contributed by atoms with van der Waals surface area (Å²) in [7, 11) is 0. The van der Waals surface area contributed by atoms with Crippen molar-refractivity contribution in [2.75, 3.05) is 0 Å². The van der Waals surface area contributed by atoms with E-state index in [1.165, 1.54) is 0 Å². The van der Waals surface area contributed by atoms with Crippen molar-refractivity contribution in [1.29, 1.82) is 0 Å². The lowest BCUT2D eigenvalue weighted by molar-refractivity contribution is 0.0697. The van der Waals surface area contributed by atoms with Gasteiger partial charge < -0.3 is 5.11 Å². The average Bonchev–Trinajstić information content (AvgIpc) is 3.25. The van der Waals surface area contributed by atoms with Crippen molar-refractivity contribution < 1.29 is 9.90 Å². The van der Waals surface area contributed by atoms with E-state index >= 15 is 0 Å². The molecule has 6 nitrogen and oxygen atoms in total. The molecule has 0 aliphatic heterocycles. The van der Waals surface area contributed by atoms with Gasteiger partial charge in [0, 0.05) is 30.3 Å². The zero-order valence-electron chi connectivity index (χ0n) is 18.1. The normalized spacial score (nSPS) is 10.9. The maximum atomic E-state index is 11.5. The van der Waals surface area contributed by atoms with E-state index in [4.69, 9.17) is 10.1 Å². The van der Waals surface area contributed by atoms with Crippen molar-refractivity contribution in [2.24, 2.45) is 0 Å². The number of carbonyl (C=O) groups is 1. The van der Waals surface area contributed by atoms with Crippen LogP contribution in [0, 0.1) is 0 Å². The molecule has 0 unspecified atom stereocenters. The van der Waals surface area contributed by atoms with Gasteiger partial charge in [0.15, 0.2) is 5.82 Å². The van der Waals surface area contributed by atoms with Crippen LogP contribution >= 0.6 is 0 Å². The number of aryl methyl sites for hydroxylation is 3. The third-order valence-electron chi connectivity index (χ3n) is 5.40. The Kier molecular flexibility index (Phi) is 6.70.